The van der Waals surface area contributed by atoms with Crippen molar-refractivity contribution in [3.63, 3.8) is 0 Å². The molecule has 0 amide bonds. The van der Waals surface area contributed by atoms with Crippen LogP contribution in [0.5, 0.6) is 0 Å². The number of esters is 1. The van der Waals surface area contributed by atoms with Gasteiger partial charge in [-0.2, -0.15) is 0 Å². The second-order valence-electron chi connectivity index (χ2n) is 7.58. The van der Waals surface area contributed by atoms with Gasteiger partial charge in [0.15, 0.2) is 16.4 Å². The van der Waals surface area contributed by atoms with Crippen molar-refractivity contribution in [3.05, 3.63) is 87.7 Å². The third kappa shape index (κ3) is 5.47. The molecule has 1 heterocycles. The van der Waals surface area contributed by atoms with Crippen LogP contribution in [-0.2, 0) is 27.5 Å². The molecule has 0 aliphatic rings. The first-order valence-electron chi connectivity index (χ1n) is 9.98. The number of halogens is 1. The van der Waals surface area contributed by atoms with E-state index in [4.69, 9.17) is 16.3 Å². The van der Waals surface area contributed by atoms with E-state index in [0.29, 0.717) is 17.1 Å². The Balaban J connectivity index is 1.69. The van der Waals surface area contributed by atoms with Crippen molar-refractivity contribution in [2.75, 3.05) is 12.9 Å². The first-order valence-corrected chi connectivity index (χ1v) is 12.3. The van der Waals surface area contributed by atoms with Crippen molar-refractivity contribution < 1.29 is 22.7 Å². The highest BCUT2D eigenvalue weighted by molar-refractivity contribution is 7.90. The van der Waals surface area contributed by atoms with Crippen molar-refractivity contribution in [2.24, 2.45) is 0 Å². The van der Waals surface area contributed by atoms with Crippen molar-refractivity contribution in [3.8, 4) is 0 Å². The lowest BCUT2D eigenvalue weighted by molar-refractivity contribution is 0.0470. The third-order valence-corrected chi connectivity index (χ3v) is 6.66. The molecule has 8 heteroatoms. The van der Waals surface area contributed by atoms with Crippen molar-refractivity contribution in [1.82, 2.24) is 4.57 Å². The third-order valence-electron chi connectivity index (χ3n) is 5.25. The summed E-state index contributed by atoms with van der Waals surface area (Å²) in [6.07, 6.45) is 1.79. The molecule has 0 bridgehead atoms. The average Bonchev–Trinajstić information content (AvgIpc) is 3.04. The average molecular weight is 474 g/mol. The van der Waals surface area contributed by atoms with Gasteiger partial charge in [0.1, 0.15) is 0 Å². The number of benzene rings is 2. The van der Waals surface area contributed by atoms with Crippen LogP contribution in [0.25, 0.3) is 0 Å². The highest BCUT2D eigenvalue weighted by atomic mass is 35.5. The van der Waals surface area contributed by atoms with Crippen molar-refractivity contribution in [2.45, 2.75) is 31.7 Å². The molecule has 0 aliphatic heterocycles. The predicted octanol–water partition coefficient (Wildman–Crippen LogP) is 4.44. The number of carbonyl (C=O) groups is 2. The first-order chi connectivity index (χ1) is 15.1. The molecule has 0 saturated carbocycles. The minimum Gasteiger partial charge on any atom is -0.454 e. The summed E-state index contributed by atoms with van der Waals surface area (Å²) >= 11 is 5.93. The van der Waals surface area contributed by atoms with E-state index in [2.05, 4.69) is 0 Å². The molecule has 0 aliphatic carbocycles. The summed E-state index contributed by atoms with van der Waals surface area (Å²) in [6.45, 7) is 3.98. The Hall–Kier alpha value is -2.90. The molecule has 0 N–H and O–H groups in total. The number of ketones is 1. The lowest BCUT2D eigenvalue weighted by atomic mass is 10.1. The van der Waals surface area contributed by atoms with Gasteiger partial charge in [-0.25, -0.2) is 13.2 Å². The maximum absolute atomic E-state index is 12.7. The molecule has 1 aromatic heterocycles. The summed E-state index contributed by atoms with van der Waals surface area (Å²) < 4.78 is 31.0. The Bertz CT molecular complexity index is 1260. The van der Waals surface area contributed by atoms with Crippen LogP contribution in [0.4, 0.5) is 0 Å². The smallest absolute Gasteiger partial charge is 0.339 e. The Morgan fingerprint density at radius 3 is 2.31 bits per heavy atom. The zero-order valence-corrected chi connectivity index (χ0v) is 19.7. The normalized spacial score (nSPS) is 11.4. The van der Waals surface area contributed by atoms with Gasteiger partial charge >= 0.3 is 5.97 Å². The van der Waals surface area contributed by atoms with Crippen LogP contribution in [0.1, 0.15) is 37.7 Å². The highest BCUT2D eigenvalue weighted by Gasteiger charge is 2.22. The van der Waals surface area contributed by atoms with Crippen LogP contribution in [0.15, 0.2) is 59.5 Å². The van der Waals surface area contributed by atoms with Crippen LogP contribution < -0.4 is 0 Å². The number of ether oxygens (including phenoxy) is 1. The summed E-state index contributed by atoms with van der Waals surface area (Å²) in [4.78, 5) is 25.0. The molecule has 0 radical (unpaired) electrons. The predicted molar refractivity (Wildman–Crippen MR) is 123 cm³/mol. The number of aromatic nitrogens is 1. The Labute approximate surface area is 192 Å². The van der Waals surface area contributed by atoms with Gasteiger partial charge in [0.25, 0.3) is 0 Å². The lowest BCUT2D eigenvalue weighted by Gasteiger charge is -2.10. The van der Waals surface area contributed by atoms with E-state index in [1.54, 1.807) is 12.1 Å². The van der Waals surface area contributed by atoms with E-state index in [1.807, 2.05) is 42.7 Å². The fourth-order valence-corrected chi connectivity index (χ4v) is 4.57. The fraction of sp³-hybridized carbons (Fsp3) is 0.250. The van der Waals surface area contributed by atoms with Crippen LogP contribution >= 0.6 is 11.6 Å². The monoisotopic (exact) mass is 473 g/mol. The maximum atomic E-state index is 12.7. The van der Waals surface area contributed by atoms with Gasteiger partial charge in [0.05, 0.1) is 10.5 Å². The maximum Gasteiger partial charge on any atom is 0.339 e. The topological polar surface area (TPSA) is 82.4 Å². The van der Waals surface area contributed by atoms with Crippen LogP contribution in [-0.4, -0.2) is 37.6 Å². The fourth-order valence-electron chi connectivity index (χ4n) is 3.56. The molecule has 0 unspecified atom stereocenters. The molecule has 0 spiro atoms. The first kappa shape index (κ1) is 23.8. The zero-order valence-electron chi connectivity index (χ0n) is 18.1. The van der Waals surface area contributed by atoms with Crippen LogP contribution in [0.2, 0.25) is 5.02 Å². The summed E-state index contributed by atoms with van der Waals surface area (Å²) in [5.41, 5.74) is 3.23. The SMILES string of the molecule is Cc1cc(C(=O)COC(=O)c2ccccc2S(C)(=O)=O)c(C)n1CCc1ccc(Cl)cc1. The summed E-state index contributed by atoms with van der Waals surface area (Å²) in [5, 5.41) is 0.684. The number of nitrogens with zero attached hydrogens (tertiary/aromatic N) is 1. The lowest BCUT2D eigenvalue weighted by Crippen LogP contribution is -2.17. The van der Waals surface area contributed by atoms with Gasteiger partial charge in [-0.3, -0.25) is 4.79 Å². The second kappa shape index (κ2) is 9.71. The largest absolute Gasteiger partial charge is 0.454 e. The van der Waals surface area contributed by atoms with Crippen LogP contribution in [0.3, 0.4) is 0 Å². The van der Waals surface area contributed by atoms with Gasteiger partial charge in [-0.15, -0.1) is 0 Å². The number of hydrogen-bond acceptors (Lipinski definition) is 5. The zero-order chi connectivity index (χ0) is 23.5. The molecule has 2 aromatic carbocycles. The summed E-state index contributed by atoms with van der Waals surface area (Å²) in [6, 6.07) is 15.2. The molecular formula is C24H24ClNO5S. The van der Waals surface area contributed by atoms with Gasteiger partial charge in [-0.1, -0.05) is 35.9 Å². The number of sulfone groups is 1. The molecule has 0 saturated heterocycles. The second-order valence-corrected chi connectivity index (χ2v) is 10.0. The molecule has 6 nitrogen and oxygen atoms in total. The number of Topliss-reactive ketones (excluding diaryl/α,β-unsaturated/α-hetero) is 1. The van der Waals surface area contributed by atoms with E-state index in [-0.39, 0.29) is 16.2 Å². The number of rotatable bonds is 8. The molecule has 0 fully saturated rings. The van der Waals surface area contributed by atoms with Gasteiger partial charge in [-0.05, 0) is 56.2 Å². The minimum absolute atomic E-state index is 0.0868. The highest BCUT2D eigenvalue weighted by Crippen LogP contribution is 2.19. The molecule has 32 heavy (non-hydrogen) atoms. The van der Waals surface area contributed by atoms with Gasteiger partial charge < -0.3 is 9.30 Å². The van der Waals surface area contributed by atoms with Crippen molar-refractivity contribution >= 4 is 33.2 Å². The van der Waals surface area contributed by atoms with Crippen molar-refractivity contribution in [1.29, 1.82) is 0 Å². The quantitative estimate of drug-likeness (QED) is 0.356. The number of hydrogen-bond donors (Lipinski definition) is 0. The Morgan fingerprint density at radius 1 is 1.00 bits per heavy atom. The Kier molecular flexibility index (Phi) is 7.21. The molecule has 3 aromatic rings. The van der Waals surface area contributed by atoms with E-state index in [0.717, 1.165) is 29.6 Å². The molecular weight excluding hydrogens is 450 g/mol. The van der Waals surface area contributed by atoms with E-state index >= 15 is 0 Å². The number of carbonyl (C=O) groups excluding carboxylic acids is 2. The van der Waals surface area contributed by atoms with Crippen LogP contribution in [0, 0.1) is 13.8 Å². The van der Waals surface area contributed by atoms with Gasteiger partial charge in [0.2, 0.25) is 5.78 Å². The van der Waals surface area contributed by atoms with E-state index in [9.17, 15) is 18.0 Å². The summed E-state index contributed by atoms with van der Waals surface area (Å²) in [5.74, 6) is -1.20. The van der Waals surface area contributed by atoms with E-state index in [1.165, 1.54) is 18.2 Å². The molecule has 168 valence electrons. The molecule has 0 atom stereocenters. The summed E-state index contributed by atoms with van der Waals surface area (Å²) in [7, 11) is -3.61. The van der Waals surface area contributed by atoms with E-state index < -0.39 is 22.4 Å². The molecule has 3 rings (SSSR count). The standard InChI is InChI=1S/C24H24ClNO5S/c1-16-14-21(17(2)26(16)13-12-18-8-10-19(25)11-9-18)22(27)15-31-24(28)20-6-4-5-7-23(20)32(3,29)30/h4-11,14H,12-13,15H2,1-3H3. The van der Waals surface area contributed by atoms with Gasteiger partial charge in [0, 0.05) is 34.8 Å². The number of aryl methyl sites for hydroxylation is 2. The Morgan fingerprint density at radius 2 is 1.66 bits per heavy atom. The minimum atomic E-state index is -3.61.